The number of benzene rings is 3. The maximum absolute atomic E-state index is 13.6. The molecule has 13 heteroatoms. The molecule has 55 heavy (non-hydrogen) atoms. The van der Waals surface area contributed by atoms with E-state index in [1.165, 1.54) is 0 Å². The van der Waals surface area contributed by atoms with Gasteiger partial charge in [0.15, 0.2) is 0 Å². The fourth-order valence-corrected chi connectivity index (χ4v) is 7.50. The molecule has 3 aromatic rings. The predicted molar refractivity (Wildman–Crippen MR) is 211 cm³/mol. The monoisotopic (exact) mass is 770 g/mol. The molecule has 1 saturated heterocycles. The summed E-state index contributed by atoms with van der Waals surface area (Å²) < 4.78 is 0. The third-order valence-electron chi connectivity index (χ3n) is 10.2. The number of carbonyl (C=O) groups is 6. The van der Waals surface area contributed by atoms with E-state index in [0.29, 0.717) is 34.9 Å². The van der Waals surface area contributed by atoms with E-state index >= 15 is 0 Å². The molecule has 0 radical (unpaired) electrons. The van der Waals surface area contributed by atoms with Crippen LogP contribution in [-0.4, -0.2) is 67.2 Å². The quantitative estimate of drug-likeness (QED) is 0.191. The summed E-state index contributed by atoms with van der Waals surface area (Å²) in [6, 6.07) is 21.3. The summed E-state index contributed by atoms with van der Waals surface area (Å²) in [4.78, 5) is 79.0. The third kappa shape index (κ3) is 13.2. The van der Waals surface area contributed by atoms with Gasteiger partial charge in [-0.3, -0.25) is 28.8 Å². The Labute approximate surface area is 327 Å². The summed E-state index contributed by atoms with van der Waals surface area (Å²) in [7, 11) is 0. The first kappa shape index (κ1) is 40.9. The highest BCUT2D eigenvalue weighted by atomic mass is 35.5. The Morgan fingerprint density at radius 1 is 0.727 bits per heavy atom. The van der Waals surface area contributed by atoms with Crippen LogP contribution in [0.4, 0.5) is 5.69 Å². The molecular weight excluding hydrogens is 720 g/mol. The Morgan fingerprint density at radius 3 is 2.09 bits per heavy atom. The highest BCUT2D eigenvalue weighted by Crippen LogP contribution is 2.44. The first-order chi connectivity index (χ1) is 26.6. The van der Waals surface area contributed by atoms with Crippen LogP contribution in [0.25, 0.3) is 0 Å². The van der Waals surface area contributed by atoms with E-state index in [1.54, 1.807) is 36.4 Å². The maximum atomic E-state index is 13.6. The van der Waals surface area contributed by atoms with Gasteiger partial charge in [-0.15, -0.1) is 0 Å². The molecule has 1 aliphatic heterocycles. The van der Waals surface area contributed by atoms with Crippen LogP contribution in [0.3, 0.4) is 0 Å². The number of nitrogens with one attached hydrogen (secondary N) is 6. The zero-order valence-corrected chi connectivity index (χ0v) is 31.9. The van der Waals surface area contributed by atoms with Crippen molar-refractivity contribution >= 4 is 52.7 Å². The van der Waals surface area contributed by atoms with Gasteiger partial charge in [-0.1, -0.05) is 85.1 Å². The molecule has 5 rings (SSSR count). The molecule has 0 bridgehead atoms. The number of anilines is 1. The van der Waals surface area contributed by atoms with E-state index in [4.69, 9.17) is 11.6 Å². The van der Waals surface area contributed by atoms with Gasteiger partial charge < -0.3 is 31.9 Å². The molecule has 292 valence electrons. The second-order valence-corrected chi connectivity index (χ2v) is 15.0. The lowest BCUT2D eigenvalue weighted by molar-refractivity contribution is -0.132. The van der Waals surface area contributed by atoms with E-state index in [9.17, 15) is 28.8 Å². The van der Waals surface area contributed by atoms with Gasteiger partial charge in [-0.2, -0.15) is 0 Å². The lowest BCUT2D eigenvalue weighted by Crippen LogP contribution is -2.51. The highest BCUT2D eigenvalue weighted by Gasteiger charge is 2.38. The van der Waals surface area contributed by atoms with Crippen LogP contribution in [0.1, 0.15) is 74.5 Å². The second kappa shape index (κ2) is 20.5. The standard InChI is InChI=1S/C42H51ClN6O6/c43-33-14-6-5-13-31(33)25-35(48-36(50)24-29-11-3-1-4-12-29)41(55)47-32-17-15-30(16-18-32)23-34-40(54)46-28-39(53)45-22-10-2-9-21-44-37(51)26-42(19-7-8-20-42)27-38(52)49-34/h1,3-6,11-18,34-35H,2,7-10,19-28H2,(H,44,51)(H,45,53)(H,46,54)(H,47,55)(H,48,50)(H,49,52)/t34-,35?/m1/s1. The minimum Gasteiger partial charge on any atom is -0.356 e. The summed E-state index contributed by atoms with van der Waals surface area (Å²) in [5, 5.41) is 17.6. The Kier molecular flexibility index (Phi) is 15.2. The fourth-order valence-electron chi connectivity index (χ4n) is 7.28. The maximum Gasteiger partial charge on any atom is 0.247 e. The molecule has 2 fully saturated rings. The zero-order chi connectivity index (χ0) is 39.0. The summed E-state index contributed by atoms with van der Waals surface area (Å²) in [5.74, 6) is -1.99. The van der Waals surface area contributed by atoms with Gasteiger partial charge in [0.05, 0.1) is 13.0 Å². The number of amides is 6. The zero-order valence-electron chi connectivity index (χ0n) is 31.1. The van der Waals surface area contributed by atoms with Crippen molar-refractivity contribution in [1.82, 2.24) is 26.6 Å². The summed E-state index contributed by atoms with van der Waals surface area (Å²) in [6.45, 7) is 0.771. The van der Waals surface area contributed by atoms with Crippen molar-refractivity contribution in [1.29, 1.82) is 0 Å². The summed E-state index contributed by atoms with van der Waals surface area (Å²) in [6.07, 6.45) is 6.53. The smallest absolute Gasteiger partial charge is 0.247 e. The second-order valence-electron chi connectivity index (χ2n) is 14.6. The molecule has 6 N–H and O–H groups in total. The van der Waals surface area contributed by atoms with E-state index in [2.05, 4.69) is 31.9 Å². The van der Waals surface area contributed by atoms with Gasteiger partial charge in [0.1, 0.15) is 12.1 Å². The van der Waals surface area contributed by atoms with Crippen LogP contribution in [0, 0.1) is 5.41 Å². The van der Waals surface area contributed by atoms with Crippen molar-refractivity contribution in [2.75, 3.05) is 25.0 Å². The van der Waals surface area contributed by atoms with Crippen molar-refractivity contribution in [3.8, 4) is 0 Å². The SMILES string of the molecule is O=C1CNC(=O)[C@@H](Cc2ccc(NC(=O)C(Cc3ccccc3Cl)NC(=O)Cc3ccccc3)cc2)NC(=O)CC2(CCCC2)CC(=O)NCCCCCN1. The van der Waals surface area contributed by atoms with Crippen LogP contribution >= 0.6 is 11.6 Å². The average molecular weight is 771 g/mol. The van der Waals surface area contributed by atoms with Gasteiger partial charge in [0.2, 0.25) is 35.4 Å². The number of carbonyl (C=O) groups excluding carboxylic acids is 6. The van der Waals surface area contributed by atoms with Crippen molar-refractivity contribution in [3.05, 3.63) is 101 Å². The largest absolute Gasteiger partial charge is 0.356 e. The molecule has 0 aromatic heterocycles. The van der Waals surface area contributed by atoms with Crippen molar-refractivity contribution in [3.63, 3.8) is 0 Å². The molecule has 1 saturated carbocycles. The molecule has 1 heterocycles. The molecule has 1 aliphatic carbocycles. The summed E-state index contributed by atoms with van der Waals surface area (Å²) >= 11 is 6.42. The molecule has 1 unspecified atom stereocenters. The van der Waals surface area contributed by atoms with Gasteiger partial charge in [0.25, 0.3) is 0 Å². The van der Waals surface area contributed by atoms with Crippen LogP contribution in [0.15, 0.2) is 78.9 Å². The third-order valence-corrected chi connectivity index (χ3v) is 10.6. The van der Waals surface area contributed by atoms with Gasteiger partial charge in [-0.05, 0) is 72.4 Å². The van der Waals surface area contributed by atoms with Crippen LogP contribution in [0.5, 0.6) is 0 Å². The number of hydrogen-bond donors (Lipinski definition) is 6. The minimum atomic E-state index is -0.994. The van der Waals surface area contributed by atoms with Gasteiger partial charge in [-0.25, -0.2) is 0 Å². The first-order valence-corrected chi connectivity index (χ1v) is 19.5. The highest BCUT2D eigenvalue weighted by molar-refractivity contribution is 6.31. The van der Waals surface area contributed by atoms with Crippen molar-refractivity contribution in [2.24, 2.45) is 5.41 Å². The average Bonchev–Trinajstić information content (AvgIpc) is 3.61. The van der Waals surface area contributed by atoms with E-state index < -0.39 is 29.3 Å². The molecule has 2 aliphatic rings. The first-order valence-electron chi connectivity index (χ1n) is 19.1. The number of halogens is 1. The minimum absolute atomic E-state index is 0.0738. The Hall–Kier alpha value is -5.23. The molecular formula is C42H51ClN6O6. The molecule has 6 amide bonds. The van der Waals surface area contributed by atoms with Crippen molar-refractivity contribution in [2.45, 2.75) is 89.1 Å². The molecule has 12 nitrogen and oxygen atoms in total. The molecule has 2 atom stereocenters. The van der Waals surface area contributed by atoms with Crippen molar-refractivity contribution < 1.29 is 28.8 Å². The van der Waals surface area contributed by atoms with E-state index in [0.717, 1.165) is 50.5 Å². The predicted octanol–water partition coefficient (Wildman–Crippen LogP) is 4.15. The van der Waals surface area contributed by atoms with Gasteiger partial charge in [0, 0.05) is 49.5 Å². The fraction of sp³-hybridized carbons (Fsp3) is 0.429. The van der Waals surface area contributed by atoms with Crippen LogP contribution < -0.4 is 31.9 Å². The Bertz CT molecular complexity index is 1800. The Balaban J connectivity index is 1.27. The van der Waals surface area contributed by atoms with Crippen LogP contribution in [-0.2, 0) is 48.0 Å². The van der Waals surface area contributed by atoms with Gasteiger partial charge >= 0.3 is 0 Å². The van der Waals surface area contributed by atoms with E-state index in [-0.39, 0.29) is 62.3 Å². The Morgan fingerprint density at radius 2 is 1.38 bits per heavy atom. The van der Waals surface area contributed by atoms with E-state index in [1.807, 2.05) is 42.5 Å². The normalized spacial score (nSPS) is 19.1. The summed E-state index contributed by atoms with van der Waals surface area (Å²) in [5.41, 5.74) is 2.22. The lowest BCUT2D eigenvalue weighted by Gasteiger charge is -2.29. The lowest BCUT2D eigenvalue weighted by atomic mass is 9.78. The molecule has 1 spiro atoms. The number of hydrogen-bond acceptors (Lipinski definition) is 6. The topological polar surface area (TPSA) is 175 Å². The molecule has 3 aromatic carbocycles. The van der Waals surface area contributed by atoms with Crippen LogP contribution in [0.2, 0.25) is 5.02 Å². The number of rotatable bonds is 9.